The van der Waals surface area contributed by atoms with Crippen molar-refractivity contribution >= 4 is 27.5 Å². The fourth-order valence-electron chi connectivity index (χ4n) is 5.25. The number of aliphatic hydroxyl groups excluding tert-OH is 1. The number of ketones is 1. The Hall–Kier alpha value is -3.53. The van der Waals surface area contributed by atoms with Crippen LogP contribution < -0.4 is 0 Å². The quantitative estimate of drug-likeness (QED) is 0.111. The first kappa shape index (κ1) is 38.9. The Morgan fingerprint density at radius 1 is 0.833 bits per heavy atom. The molecule has 1 radical (unpaired) electrons. The Morgan fingerprint density at radius 2 is 1.50 bits per heavy atom. The Kier molecular flexibility index (Phi) is 11.8. The molecule has 2 aromatic heterocycles. The van der Waals surface area contributed by atoms with Crippen molar-refractivity contribution in [1.82, 2.24) is 4.98 Å². The van der Waals surface area contributed by atoms with Gasteiger partial charge in [-0.05, 0) is 34.9 Å². The fourth-order valence-corrected chi connectivity index (χ4v) is 5.25. The molecule has 2 heterocycles. The van der Waals surface area contributed by atoms with Crippen LogP contribution in [0.3, 0.4) is 0 Å². The molecule has 5 heteroatoms. The summed E-state index contributed by atoms with van der Waals surface area (Å²) in [4.78, 5) is 16.2. The van der Waals surface area contributed by atoms with Gasteiger partial charge in [-0.25, -0.2) is 0 Å². The number of nitrogens with zero attached hydrogens (tertiary/aromatic N) is 1. The van der Waals surface area contributed by atoms with Gasteiger partial charge in [0.15, 0.2) is 5.78 Å². The summed E-state index contributed by atoms with van der Waals surface area (Å²) in [5, 5.41) is 13.1. The second-order valence-corrected chi connectivity index (χ2v) is 16.9. The van der Waals surface area contributed by atoms with Gasteiger partial charge >= 0.3 is 0 Å². The molecular weight excluding hydrogens is 771 g/mol. The smallest absolute Gasteiger partial charge is 0.164 e. The van der Waals surface area contributed by atoms with E-state index in [1.165, 1.54) is 22.6 Å². The molecule has 0 saturated heterocycles. The molecule has 0 unspecified atom stereocenters. The molecule has 0 aliphatic carbocycles. The summed E-state index contributed by atoms with van der Waals surface area (Å²) >= 11 is 0. The topological polar surface area (TPSA) is 63.3 Å². The summed E-state index contributed by atoms with van der Waals surface area (Å²) in [5.41, 5.74) is 5.94. The Bertz CT molecular complexity index is 1920. The third-order valence-electron chi connectivity index (χ3n) is 8.03. The molecule has 1 N–H and O–H groups in total. The summed E-state index contributed by atoms with van der Waals surface area (Å²) in [6, 6.07) is 27.0. The average molecular weight is 823 g/mol. The number of fused-ring (bicyclic) bond motifs is 2. The van der Waals surface area contributed by atoms with Gasteiger partial charge in [0.1, 0.15) is 17.1 Å². The van der Waals surface area contributed by atoms with Crippen LogP contribution in [0.4, 0.5) is 0 Å². The summed E-state index contributed by atoms with van der Waals surface area (Å²) in [5.74, 6) is 0.976. The molecule has 0 bridgehead atoms. The molecule has 0 fully saturated rings. The van der Waals surface area contributed by atoms with Crippen molar-refractivity contribution in [2.45, 2.75) is 94.9 Å². The van der Waals surface area contributed by atoms with E-state index in [0.717, 1.165) is 45.4 Å². The number of hydrogen-bond acceptors (Lipinski definition) is 4. The minimum absolute atomic E-state index is 0. The van der Waals surface area contributed by atoms with Gasteiger partial charge in [0.05, 0.1) is 0 Å². The summed E-state index contributed by atoms with van der Waals surface area (Å²) in [7, 11) is 0. The summed E-state index contributed by atoms with van der Waals surface area (Å²) in [6.45, 7) is 24.7. The Labute approximate surface area is 301 Å². The van der Waals surface area contributed by atoms with Gasteiger partial charge in [0.2, 0.25) is 0 Å². The number of aliphatic hydroxyl groups is 1. The molecule has 0 aliphatic rings. The molecule has 3 aromatic carbocycles. The van der Waals surface area contributed by atoms with E-state index < -0.39 is 5.41 Å². The number of furan rings is 1. The summed E-state index contributed by atoms with van der Waals surface area (Å²) < 4.78 is 6.43. The van der Waals surface area contributed by atoms with Gasteiger partial charge in [0, 0.05) is 59.9 Å². The van der Waals surface area contributed by atoms with E-state index in [0.29, 0.717) is 0 Å². The number of aromatic nitrogens is 1. The van der Waals surface area contributed by atoms with E-state index in [4.69, 9.17) is 9.40 Å². The predicted molar refractivity (Wildman–Crippen MR) is 198 cm³/mol. The van der Waals surface area contributed by atoms with E-state index in [9.17, 15) is 9.90 Å². The van der Waals surface area contributed by atoms with Gasteiger partial charge in [-0.2, -0.15) is 0 Å². The van der Waals surface area contributed by atoms with Crippen LogP contribution in [0.15, 0.2) is 89.2 Å². The zero-order chi connectivity index (χ0) is 34.9. The number of carbonyl (C=O) groups is 1. The van der Waals surface area contributed by atoms with Crippen LogP contribution in [0.25, 0.3) is 44.3 Å². The van der Waals surface area contributed by atoms with Gasteiger partial charge in [-0.15, -0.1) is 29.1 Å². The average Bonchev–Trinajstić information content (AvgIpc) is 3.40. The largest absolute Gasteiger partial charge is 0.512 e. The molecule has 257 valence electrons. The van der Waals surface area contributed by atoms with Crippen LogP contribution >= 0.6 is 0 Å². The van der Waals surface area contributed by atoms with E-state index in [2.05, 4.69) is 108 Å². The molecule has 0 atom stereocenters. The number of pyridine rings is 1. The third kappa shape index (κ3) is 9.77. The van der Waals surface area contributed by atoms with Gasteiger partial charge < -0.3 is 9.52 Å². The van der Waals surface area contributed by atoms with Crippen LogP contribution in [0.5, 0.6) is 0 Å². The van der Waals surface area contributed by atoms with Gasteiger partial charge in [-0.3, -0.25) is 9.78 Å². The van der Waals surface area contributed by atoms with Crippen LogP contribution in [0.2, 0.25) is 0 Å². The maximum Gasteiger partial charge on any atom is 0.164 e. The molecule has 0 amide bonds. The number of rotatable bonds is 4. The first-order valence-electron chi connectivity index (χ1n) is 16.5. The van der Waals surface area contributed by atoms with Crippen molar-refractivity contribution < 1.29 is 34.4 Å². The van der Waals surface area contributed by atoms with Crippen molar-refractivity contribution in [3.63, 3.8) is 0 Å². The van der Waals surface area contributed by atoms with Crippen molar-refractivity contribution in [2.24, 2.45) is 16.2 Å². The first-order valence-corrected chi connectivity index (χ1v) is 16.5. The number of hydrogen-bond donors (Lipinski definition) is 1. The number of allylic oxidation sites excluding steroid dienone is 2. The van der Waals surface area contributed by atoms with E-state index in [1.54, 1.807) is 0 Å². The van der Waals surface area contributed by atoms with Crippen molar-refractivity contribution in [1.29, 1.82) is 0 Å². The number of benzene rings is 3. The van der Waals surface area contributed by atoms with E-state index in [-0.39, 0.29) is 47.9 Å². The summed E-state index contributed by atoms with van der Waals surface area (Å²) in [6.07, 6.45) is 4.17. The van der Waals surface area contributed by atoms with Crippen molar-refractivity contribution in [3.8, 4) is 22.6 Å². The normalized spacial score (nSPS) is 12.8. The number of carbonyl (C=O) groups excluding carboxylic acids is 1. The molecule has 0 spiro atoms. The van der Waals surface area contributed by atoms with Crippen LogP contribution in [0, 0.1) is 22.3 Å². The molecule has 48 heavy (non-hydrogen) atoms. The van der Waals surface area contributed by atoms with Crippen molar-refractivity contribution in [3.05, 3.63) is 102 Å². The monoisotopic (exact) mass is 823 g/mol. The minimum atomic E-state index is -0.417. The Morgan fingerprint density at radius 3 is 2.10 bits per heavy atom. The maximum absolute atomic E-state index is 11.5. The predicted octanol–water partition coefficient (Wildman–Crippen LogP) is 12.1. The van der Waals surface area contributed by atoms with E-state index >= 15 is 0 Å². The maximum atomic E-state index is 11.5. The second kappa shape index (κ2) is 14.5. The SMILES string of the molecule is CC(C)(C)C(=O)/C=C(\O)C(C)(C)C.CC(C)(C)Cc1cccc2cc(-c3ccnc(-c4[c-]c5ccccc5c(C(C)(C)C)c4)c3)oc12.[Ir]. The van der Waals surface area contributed by atoms with Crippen LogP contribution in [0.1, 0.15) is 94.2 Å². The molecular formula is C43H52IrNO3-. The molecule has 5 aromatic rings. The first-order chi connectivity index (χ1) is 21.6. The van der Waals surface area contributed by atoms with E-state index in [1.807, 2.05) is 53.8 Å². The van der Waals surface area contributed by atoms with Gasteiger partial charge in [-0.1, -0.05) is 136 Å². The molecule has 0 aliphatic heterocycles. The zero-order valence-electron chi connectivity index (χ0n) is 30.8. The minimum Gasteiger partial charge on any atom is -0.512 e. The standard InChI is InChI=1S/C32H32NO.C11H20O2.Ir/c1-31(2,3)20-24-12-9-11-23-19-29(34-30(23)24)22-14-15-33-28(18-22)25-16-21-10-7-8-13-26(21)27(17-25)32(4,5)6;1-10(2,3)8(12)7-9(13)11(4,5)6;/h7-15,17-19H,20H2,1-6H3;7,12H,1-6H3;/q-1;;/b;8-7-;. The van der Waals surface area contributed by atoms with Gasteiger partial charge in [0.25, 0.3) is 0 Å². The molecule has 4 nitrogen and oxygen atoms in total. The second-order valence-electron chi connectivity index (χ2n) is 16.9. The number of para-hydroxylation sites is 1. The van der Waals surface area contributed by atoms with Crippen molar-refractivity contribution in [2.75, 3.05) is 0 Å². The zero-order valence-corrected chi connectivity index (χ0v) is 33.2. The van der Waals surface area contributed by atoms with Crippen LogP contribution in [-0.4, -0.2) is 15.9 Å². The van der Waals surface area contributed by atoms with Crippen LogP contribution in [-0.2, 0) is 36.7 Å². The molecule has 0 saturated carbocycles. The molecule has 5 rings (SSSR count). The Balaban J connectivity index is 0.000000382. The third-order valence-corrected chi connectivity index (χ3v) is 8.03. The fraction of sp³-hybridized carbons (Fsp3) is 0.395.